The van der Waals surface area contributed by atoms with E-state index in [0.29, 0.717) is 23.6 Å². The third kappa shape index (κ3) is 3.35. The van der Waals surface area contributed by atoms with E-state index in [9.17, 15) is 8.78 Å². The monoisotopic (exact) mass is 392 g/mol. The van der Waals surface area contributed by atoms with Gasteiger partial charge in [-0.3, -0.25) is 4.99 Å². The second-order valence-corrected chi connectivity index (χ2v) is 8.53. The van der Waals surface area contributed by atoms with Gasteiger partial charge in [-0.15, -0.1) is 0 Å². The number of rotatable bonds is 2. The summed E-state index contributed by atoms with van der Waals surface area (Å²) in [5.41, 5.74) is 1.43. The molecular formula is C20H19ClF2N2S. The maximum Gasteiger partial charge on any atom is 0.147 e. The highest BCUT2D eigenvalue weighted by Gasteiger charge is 2.43. The third-order valence-electron chi connectivity index (χ3n) is 5.22. The number of hydrogen-bond acceptors (Lipinski definition) is 2. The number of hydrogen-bond donors (Lipinski definition) is 1. The van der Waals surface area contributed by atoms with Crippen molar-refractivity contribution >= 4 is 34.9 Å². The average Bonchev–Trinajstić information content (AvgIpc) is 2.64. The zero-order chi connectivity index (χ0) is 18.1. The predicted molar refractivity (Wildman–Crippen MR) is 105 cm³/mol. The van der Waals surface area contributed by atoms with Crippen molar-refractivity contribution in [2.75, 3.05) is 16.8 Å². The summed E-state index contributed by atoms with van der Waals surface area (Å²) in [5, 5.41) is 3.81. The molecule has 2 aliphatic heterocycles. The van der Waals surface area contributed by atoms with Crippen LogP contribution in [0, 0.1) is 17.0 Å². The molecule has 6 heteroatoms. The number of nitrogens with zero attached hydrogens (tertiary/aromatic N) is 1. The first kappa shape index (κ1) is 17.8. The molecule has 2 nitrogen and oxygen atoms in total. The zero-order valence-electron chi connectivity index (χ0n) is 14.2. The molecule has 26 heavy (non-hydrogen) atoms. The Morgan fingerprint density at radius 1 is 1.12 bits per heavy atom. The fourth-order valence-electron chi connectivity index (χ4n) is 3.76. The molecule has 2 aromatic rings. The maximum absolute atomic E-state index is 14.3. The highest BCUT2D eigenvalue weighted by atomic mass is 35.5. The molecule has 2 aromatic carbocycles. The van der Waals surface area contributed by atoms with E-state index < -0.39 is 5.82 Å². The SMILES string of the molecule is Fc1ccc(F)c2c1CC1(CCSCC1)C(=NCc1cccc(Cl)c1)N2. The summed E-state index contributed by atoms with van der Waals surface area (Å²) >= 11 is 7.96. The van der Waals surface area contributed by atoms with Crippen molar-refractivity contribution in [3.05, 3.63) is 64.2 Å². The van der Waals surface area contributed by atoms with Crippen molar-refractivity contribution in [3.8, 4) is 0 Å². The van der Waals surface area contributed by atoms with Crippen molar-refractivity contribution in [1.29, 1.82) is 0 Å². The molecule has 0 radical (unpaired) electrons. The lowest BCUT2D eigenvalue weighted by molar-refractivity contribution is 0.369. The molecule has 136 valence electrons. The predicted octanol–water partition coefficient (Wildman–Crippen LogP) is 5.70. The molecule has 0 aliphatic carbocycles. The molecule has 0 amide bonds. The standard InChI is InChI=1S/C20H19ClF2N2S/c21-14-3-1-2-13(10-14)12-24-19-20(6-8-26-9-7-20)11-15-16(22)4-5-17(23)18(15)25-19/h1-5,10H,6-9,11-12H2,(H,24,25). The Labute approximate surface area is 161 Å². The fourth-order valence-corrected chi connectivity index (χ4v) is 5.25. The molecule has 1 spiro atoms. The van der Waals surface area contributed by atoms with Gasteiger partial charge in [-0.05, 0) is 60.6 Å². The van der Waals surface area contributed by atoms with Crippen molar-refractivity contribution in [1.82, 2.24) is 0 Å². The molecule has 1 fully saturated rings. The largest absolute Gasteiger partial charge is 0.341 e. The van der Waals surface area contributed by atoms with Gasteiger partial charge < -0.3 is 5.32 Å². The van der Waals surface area contributed by atoms with E-state index in [1.165, 1.54) is 12.1 Å². The van der Waals surface area contributed by atoms with Gasteiger partial charge >= 0.3 is 0 Å². The Balaban J connectivity index is 1.72. The highest BCUT2D eigenvalue weighted by Crippen LogP contribution is 2.45. The molecule has 4 rings (SSSR count). The molecule has 0 aromatic heterocycles. The van der Waals surface area contributed by atoms with Crippen molar-refractivity contribution in [3.63, 3.8) is 0 Å². The molecule has 1 N–H and O–H groups in total. The Kier molecular flexibility index (Phi) is 4.93. The van der Waals surface area contributed by atoms with Crippen LogP contribution >= 0.6 is 23.4 Å². The molecular weight excluding hydrogens is 374 g/mol. The Bertz CT molecular complexity index is 863. The van der Waals surface area contributed by atoms with Crippen molar-refractivity contribution in [2.45, 2.75) is 25.8 Å². The number of fused-ring (bicyclic) bond motifs is 1. The van der Waals surface area contributed by atoms with Gasteiger partial charge in [-0.25, -0.2) is 8.78 Å². The van der Waals surface area contributed by atoms with Crippen LogP contribution in [-0.2, 0) is 13.0 Å². The second-order valence-electron chi connectivity index (χ2n) is 6.87. The first-order valence-corrected chi connectivity index (χ1v) is 10.2. The first-order valence-electron chi connectivity index (χ1n) is 8.68. The number of nitrogens with one attached hydrogen (secondary N) is 1. The molecule has 1 saturated heterocycles. The van der Waals surface area contributed by atoms with E-state index in [1.54, 1.807) is 0 Å². The Hall–Kier alpha value is -1.59. The minimum Gasteiger partial charge on any atom is -0.341 e. The van der Waals surface area contributed by atoms with E-state index in [1.807, 2.05) is 36.0 Å². The van der Waals surface area contributed by atoms with E-state index in [4.69, 9.17) is 16.6 Å². The summed E-state index contributed by atoms with van der Waals surface area (Å²) in [5.74, 6) is 2.00. The van der Waals surface area contributed by atoms with Gasteiger partial charge in [0.15, 0.2) is 0 Å². The van der Waals surface area contributed by atoms with Crippen molar-refractivity contribution in [2.24, 2.45) is 10.4 Å². The molecule has 2 aliphatic rings. The van der Waals surface area contributed by atoms with Crippen LogP contribution in [0.25, 0.3) is 0 Å². The quantitative estimate of drug-likeness (QED) is 0.709. The topological polar surface area (TPSA) is 24.4 Å². The van der Waals surface area contributed by atoms with Gasteiger partial charge in [0.05, 0.1) is 12.2 Å². The summed E-state index contributed by atoms with van der Waals surface area (Å²) in [6.45, 7) is 0.462. The summed E-state index contributed by atoms with van der Waals surface area (Å²) in [6.07, 6.45) is 2.32. The van der Waals surface area contributed by atoms with E-state index in [2.05, 4.69) is 5.32 Å². The minimum atomic E-state index is -0.433. The van der Waals surface area contributed by atoms with Crippen LogP contribution in [0.4, 0.5) is 14.5 Å². The number of aliphatic imine (C=N–C) groups is 1. The summed E-state index contributed by atoms with van der Waals surface area (Å²) in [6, 6.07) is 9.96. The van der Waals surface area contributed by atoms with Crippen LogP contribution in [-0.4, -0.2) is 17.3 Å². The van der Waals surface area contributed by atoms with Crippen molar-refractivity contribution < 1.29 is 8.78 Å². The lowest BCUT2D eigenvalue weighted by Crippen LogP contribution is -2.45. The number of thioether (sulfide) groups is 1. The van der Waals surface area contributed by atoms with Gasteiger partial charge in [0.1, 0.15) is 17.5 Å². The number of benzene rings is 2. The Morgan fingerprint density at radius 3 is 2.65 bits per heavy atom. The normalized spacial score (nSPS) is 20.0. The zero-order valence-corrected chi connectivity index (χ0v) is 15.8. The minimum absolute atomic E-state index is 0.235. The van der Waals surface area contributed by atoms with E-state index in [0.717, 1.165) is 35.7 Å². The van der Waals surface area contributed by atoms with Gasteiger partial charge in [0, 0.05) is 16.0 Å². The van der Waals surface area contributed by atoms with E-state index in [-0.39, 0.29) is 16.9 Å². The van der Waals surface area contributed by atoms with Gasteiger partial charge in [-0.2, -0.15) is 11.8 Å². The number of anilines is 1. The first-order chi connectivity index (χ1) is 12.6. The van der Waals surface area contributed by atoms with Gasteiger partial charge in [0.2, 0.25) is 0 Å². The van der Waals surface area contributed by atoms with Crippen LogP contribution in [0.1, 0.15) is 24.0 Å². The molecule has 0 unspecified atom stereocenters. The van der Waals surface area contributed by atoms with Gasteiger partial charge in [-0.1, -0.05) is 23.7 Å². The highest BCUT2D eigenvalue weighted by molar-refractivity contribution is 7.99. The van der Waals surface area contributed by atoms with E-state index >= 15 is 0 Å². The number of halogens is 3. The van der Waals surface area contributed by atoms with Crippen LogP contribution in [0.15, 0.2) is 41.4 Å². The van der Waals surface area contributed by atoms with Crippen LogP contribution in [0.2, 0.25) is 5.02 Å². The number of amidine groups is 1. The summed E-state index contributed by atoms with van der Waals surface area (Å²) in [4.78, 5) is 4.79. The summed E-state index contributed by atoms with van der Waals surface area (Å²) in [7, 11) is 0. The van der Waals surface area contributed by atoms with Crippen LogP contribution < -0.4 is 5.32 Å². The lowest BCUT2D eigenvalue weighted by atomic mass is 9.72. The third-order valence-corrected chi connectivity index (χ3v) is 6.45. The van der Waals surface area contributed by atoms with Crippen LogP contribution in [0.5, 0.6) is 0 Å². The van der Waals surface area contributed by atoms with Gasteiger partial charge in [0.25, 0.3) is 0 Å². The van der Waals surface area contributed by atoms with Crippen LogP contribution in [0.3, 0.4) is 0 Å². The Morgan fingerprint density at radius 2 is 1.88 bits per heavy atom. The second kappa shape index (κ2) is 7.20. The molecule has 2 heterocycles. The smallest absolute Gasteiger partial charge is 0.147 e. The summed E-state index contributed by atoms with van der Waals surface area (Å²) < 4.78 is 28.6. The molecule has 0 atom stereocenters. The average molecular weight is 393 g/mol. The molecule has 0 bridgehead atoms. The maximum atomic E-state index is 14.3. The lowest BCUT2D eigenvalue weighted by Gasteiger charge is -2.42. The molecule has 0 saturated carbocycles. The fraction of sp³-hybridized carbons (Fsp3) is 0.350.